The van der Waals surface area contributed by atoms with Gasteiger partial charge in [-0.05, 0) is 6.04 Å². The minimum absolute atomic E-state index is 0.171. The van der Waals surface area contributed by atoms with E-state index in [-0.39, 0.29) is 25.6 Å². The second-order valence-corrected chi connectivity index (χ2v) is 21.1. The van der Waals surface area contributed by atoms with Crippen molar-refractivity contribution in [3.8, 4) is 28.4 Å². The van der Waals surface area contributed by atoms with Crippen LogP contribution in [0.3, 0.4) is 0 Å². The Morgan fingerprint density at radius 2 is 1.80 bits per heavy atom. The number of aliphatic hydroxyl groups excluding tert-OH is 1. The van der Waals surface area contributed by atoms with Gasteiger partial charge in [0.1, 0.15) is 30.7 Å². The van der Waals surface area contributed by atoms with E-state index >= 15 is 4.39 Å². The van der Waals surface area contributed by atoms with Crippen molar-refractivity contribution in [3.05, 3.63) is 54.6 Å². The van der Waals surface area contributed by atoms with Crippen molar-refractivity contribution in [2.75, 3.05) is 32.3 Å². The molecule has 45 heavy (non-hydrogen) atoms. The van der Waals surface area contributed by atoms with Gasteiger partial charge in [-0.1, -0.05) is 43.9 Å². The van der Waals surface area contributed by atoms with Gasteiger partial charge >= 0.3 is 0 Å². The fourth-order valence-electron chi connectivity index (χ4n) is 5.34. The summed E-state index contributed by atoms with van der Waals surface area (Å²) in [6.07, 6.45) is 4.15. The maximum Gasteiger partial charge on any atom is 0.198 e. The summed E-state index contributed by atoms with van der Waals surface area (Å²) in [6.45, 7) is 8.07. The number of aliphatic hydroxyl groups is 1. The number of rotatable bonds is 10. The summed E-state index contributed by atoms with van der Waals surface area (Å²) in [5.74, 6) is 0.283. The van der Waals surface area contributed by atoms with E-state index in [1.165, 1.54) is 24.8 Å². The highest BCUT2D eigenvalue weighted by molar-refractivity contribution is 7.92. The molecule has 0 saturated carbocycles. The number of fused-ring (bicyclic) bond motifs is 2. The predicted octanol–water partition coefficient (Wildman–Crippen LogP) is 4.88. The van der Waals surface area contributed by atoms with Gasteiger partial charge in [-0.3, -0.25) is 9.55 Å². The van der Waals surface area contributed by atoms with Gasteiger partial charge in [0.25, 0.3) is 0 Å². The van der Waals surface area contributed by atoms with Crippen LogP contribution in [0.2, 0.25) is 25.7 Å². The fourth-order valence-corrected chi connectivity index (χ4v) is 6.64. The summed E-state index contributed by atoms with van der Waals surface area (Å²) in [7, 11) is -3.65. The third-order valence-electron chi connectivity index (χ3n) is 7.68. The summed E-state index contributed by atoms with van der Waals surface area (Å²) < 4.78 is 57.4. The normalized spacial score (nSPS) is 21.8. The summed E-state index contributed by atoms with van der Waals surface area (Å²) in [6, 6.07) is 11.4. The fraction of sp³-hybridized carbons (Fsp3) is 0.452. The number of ether oxygens (including phenoxy) is 4. The van der Waals surface area contributed by atoms with Crippen molar-refractivity contribution in [2.24, 2.45) is 4.36 Å². The zero-order chi connectivity index (χ0) is 31.9. The largest absolute Gasteiger partial charge is 0.470 e. The molecule has 240 valence electrons. The molecule has 11 nitrogen and oxygen atoms in total. The lowest BCUT2D eigenvalue weighted by molar-refractivity contribution is 0.00479. The monoisotopic (exact) mass is 655 g/mol. The molecule has 0 aliphatic carbocycles. The van der Waals surface area contributed by atoms with E-state index in [1.54, 1.807) is 29.0 Å². The molecular weight excluding hydrogens is 618 g/mol. The molecule has 0 amide bonds. The predicted molar refractivity (Wildman–Crippen MR) is 172 cm³/mol. The highest BCUT2D eigenvalue weighted by Crippen LogP contribution is 2.34. The number of hydrogen-bond acceptors (Lipinski definition) is 10. The number of aromatic nitrogens is 4. The van der Waals surface area contributed by atoms with Crippen LogP contribution in [-0.2, 0) is 30.7 Å². The van der Waals surface area contributed by atoms with E-state index in [1.807, 2.05) is 12.1 Å². The van der Waals surface area contributed by atoms with Crippen molar-refractivity contribution in [1.29, 1.82) is 0 Å². The molecule has 0 unspecified atom stereocenters. The number of nitrogens with zero attached hydrogens (tertiary/aromatic N) is 5. The minimum Gasteiger partial charge on any atom is -0.470 e. The quantitative estimate of drug-likeness (QED) is 0.188. The van der Waals surface area contributed by atoms with Crippen LogP contribution < -0.4 is 4.74 Å². The summed E-state index contributed by atoms with van der Waals surface area (Å²) in [5.41, 5.74) is 3.27. The van der Waals surface area contributed by atoms with Crippen molar-refractivity contribution in [1.82, 2.24) is 19.5 Å². The van der Waals surface area contributed by atoms with Gasteiger partial charge in [-0.15, -0.1) is 0 Å². The first-order valence-corrected chi connectivity index (χ1v) is 20.8. The summed E-state index contributed by atoms with van der Waals surface area (Å²) >= 11 is 0. The van der Waals surface area contributed by atoms with E-state index in [4.69, 9.17) is 23.9 Å². The summed E-state index contributed by atoms with van der Waals surface area (Å²) in [5, 5.41) is 10.2. The molecule has 0 bridgehead atoms. The summed E-state index contributed by atoms with van der Waals surface area (Å²) in [4.78, 5) is 13.3. The Labute approximate surface area is 262 Å². The lowest BCUT2D eigenvalue weighted by Crippen LogP contribution is -2.35. The van der Waals surface area contributed by atoms with Crippen LogP contribution in [0, 0.1) is 5.82 Å². The van der Waals surface area contributed by atoms with E-state index in [2.05, 4.69) is 34.0 Å². The SMILES string of the molecule is C[Si](C)(C)CCOCn1c(O[C@@H]2CO[C@H]3[C@@H]2OC[C@H]3O)cc2nc(-c3ccc(-c4cnc(N=S(C)(C)=O)cn4)cc3)c(F)cc21. The smallest absolute Gasteiger partial charge is 0.198 e. The number of benzene rings is 1. The molecule has 0 radical (unpaired) electrons. The zero-order valence-corrected chi connectivity index (χ0v) is 27.8. The molecule has 2 saturated heterocycles. The zero-order valence-electron chi connectivity index (χ0n) is 26.0. The Kier molecular flexibility index (Phi) is 8.80. The average Bonchev–Trinajstić information content (AvgIpc) is 3.65. The lowest BCUT2D eigenvalue weighted by Gasteiger charge is -2.20. The van der Waals surface area contributed by atoms with Crippen LogP contribution in [-0.4, -0.2) is 93.7 Å². The first kappa shape index (κ1) is 31.7. The van der Waals surface area contributed by atoms with E-state index in [9.17, 15) is 9.32 Å². The lowest BCUT2D eigenvalue weighted by atomic mass is 10.1. The maximum atomic E-state index is 15.7. The molecule has 4 atom stereocenters. The highest BCUT2D eigenvalue weighted by Gasteiger charge is 2.48. The van der Waals surface area contributed by atoms with Crippen LogP contribution in [0.15, 0.2) is 53.2 Å². The highest BCUT2D eigenvalue weighted by atomic mass is 32.2. The van der Waals surface area contributed by atoms with Crippen LogP contribution in [0.4, 0.5) is 10.2 Å². The maximum absolute atomic E-state index is 15.7. The molecule has 1 aromatic carbocycles. The van der Waals surface area contributed by atoms with E-state index < -0.39 is 48.0 Å². The van der Waals surface area contributed by atoms with Crippen LogP contribution in [0.25, 0.3) is 33.5 Å². The molecule has 2 aliphatic rings. The van der Waals surface area contributed by atoms with Crippen LogP contribution in [0.5, 0.6) is 5.88 Å². The van der Waals surface area contributed by atoms with Gasteiger partial charge in [-0.25, -0.2) is 18.6 Å². The van der Waals surface area contributed by atoms with Gasteiger partial charge in [0.2, 0.25) is 0 Å². The first-order valence-electron chi connectivity index (χ1n) is 14.8. The molecule has 1 N–H and O–H groups in total. The van der Waals surface area contributed by atoms with Gasteiger partial charge in [-0.2, -0.15) is 4.36 Å². The molecule has 2 aliphatic heterocycles. The third-order valence-corrected chi connectivity index (χ3v) is 10.0. The molecule has 2 fully saturated rings. The van der Waals surface area contributed by atoms with Gasteiger partial charge in [0, 0.05) is 60.2 Å². The first-order chi connectivity index (χ1) is 21.3. The standard InChI is InChI=1S/C31H38FN5O6SSi/c1-44(2,39)36-27-15-33-23(14-34-27)19-6-8-20(9-7-19)29-21(32)12-24-22(35-29)13-28(37(24)18-40-10-11-45(3,4)5)43-26-17-42-30-25(38)16-41-31(26)30/h6-9,12-15,25-26,30-31,38H,10-11,16-18H2,1-5H3/t25-,26-,30-,31-/m1/s1. The van der Waals surface area contributed by atoms with Gasteiger partial charge in [0.05, 0.1) is 42.3 Å². The van der Waals surface area contributed by atoms with Crippen molar-refractivity contribution >= 4 is 34.7 Å². The van der Waals surface area contributed by atoms with Crippen molar-refractivity contribution in [3.63, 3.8) is 0 Å². The molecule has 4 aromatic rings. The number of halogens is 1. The molecular formula is C31H38FN5O6SSi. The molecule has 5 heterocycles. The van der Waals surface area contributed by atoms with Gasteiger partial charge in [0.15, 0.2) is 23.6 Å². The van der Waals surface area contributed by atoms with Crippen LogP contribution >= 0.6 is 0 Å². The Morgan fingerprint density at radius 3 is 2.49 bits per heavy atom. The molecule has 3 aromatic heterocycles. The van der Waals surface area contributed by atoms with Crippen molar-refractivity contribution in [2.45, 2.75) is 56.8 Å². The Hall–Kier alpha value is -3.27. The molecule has 14 heteroatoms. The third kappa shape index (κ3) is 7.26. The van der Waals surface area contributed by atoms with Crippen LogP contribution in [0.1, 0.15) is 0 Å². The second kappa shape index (κ2) is 12.5. The Bertz CT molecular complexity index is 1800. The van der Waals surface area contributed by atoms with E-state index in [0.717, 1.165) is 11.6 Å². The van der Waals surface area contributed by atoms with E-state index in [0.29, 0.717) is 40.6 Å². The number of pyridine rings is 1. The molecule has 6 rings (SSSR count). The Balaban J connectivity index is 1.27. The topological polar surface area (TPSA) is 130 Å². The van der Waals surface area contributed by atoms with Gasteiger partial charge < -0.3 is 24.1 Å². The second-order valence-electron chi connectivity index (χ2n) is 12.9. The average molecular weight is 656 g/mol. The van der Waals surface area contributed by atoms with Crippen molar-refractivity contribution < 1.29 is 32.7 Å². The minimum atomic E-state index is -2.34. The number of hydrogen-bond donors (Lipinski definition) is 1. The molecule has 0 spiro atoms. The Morgan fingerprint density at radius 1 is 1.07 bits per heavy atom.